The molecule has 11 rings (SSSR count). The molecule has 4 nitrogen and oxygen atoms in total. The second-order valence-corrected chi connectivity index (χ2v) is 14.1. The van der Waals surface area contributed by atoms with Crippen LogP contribution in [0, 0.1) is 0 Å². The van der Waals surface area contributed by atoms with Crippen LogP contribution in [0.4, 0.5) is 0 Å². The molecule has 11 aromatic rings. The van der Waals surface area contributed by atoms with E-state index in [9.17, 15) is 0 Å². The topological polar surface area (TPSA) is 52.1 Å². The molecule has 0 amide bonds. The normalized spacial score (nSPS) is 11.6. The highest BCUT2D eigenvalue weighted by Gasteiger charge is 2.17. The van der Waals surface area contributed by atoms with E-state index in [0.29, 0.717) is 5.82 Å². The quantitative estimate of drug-likeness (QED) is 0.172. The third-order valence-electron chi connectivity index (χ3n) is 10.7. The summed E-state index contributed by atoms with van der Waals surface area (Å²) in [4.78, 5) is 10.5. The third kappa shape index (κ3) is 5.47. The number of nitrogens with zero attached hydrogens (tertiary/aromatic N) is 2. The van der Waals surface area contributed by atoms with Gasteiger partial charge in [0.25, 0.3) is 0 Å². The van der Waals surface area contributed by atoms with Crippen LogP contribution >= 0.6 is 0 Å². The lowest BCUT2D eigenvalue weighted by Crippen LogP contribution is -1.96. The van der Waals surface area contributed by atoms with Crippen molar-refractivity contribution in [1.82, 2.24) is 9.97 Å². The summed E-state index contributed by atoms with van der Waals surface area (Å²) in [6.07, 6.45) is 0. The molecule has 0 spiro atoms. The van der Waals surface area contributed by atoms with Crippen molar-refractivity contribution >= 4 is 43.9 Å². The van der Waals surface area contributed by atoms with Crippen LogP contribution < -0.4 is 0 Å². The first-order valence-electron chi connectivity index (χ1n) is 18.8. The largest absolute Gasteiger partial charge is 0.456 e. The predicted molar refractivity (Wildman–Crippen MR) is 229 cm³/mol. The molecule has 0 aliphatic rings. The van der Waals surface area contributed by atoms with Crippen LogP contribution in [0.5, 0.6) is 0 Å². The minimum Gasteiger partial charge on any atom is -0.456 e. The van der Waals surface area contributed by atoms with E-state index in [2.05, 4.69) is 152 Å². The van der Waals surface area contributed by atoms with Gasteiger partial charge in [0.05, 0.1) is 11.4 Å². The van der Waals surface area contributed by atoms with E-state index in [1.54, 1.807) is 0 Å². The van der Waals surface area contributed by atoms with Crippen LogP contribution in [-0.4, -0.2) is 9.97 Å². The third-order valence-corrected chi connectivity index (χ3v) is 10.7. The van der Waals surface area contributed by atoms with Crippen LogP contribution in [0.3, 0.4) is 0 Å². The molecule has 0 aliphatic heterocycles. The average molecular weight is 717 g/mol. The molecular formula is C52H32N2O2. The maximum Gasteiger partial charge on any atom is 0.160 e. The number of para-hydroxylation sites is 2. The number of rotatable bonds is 6. The Balaban J connectivity index is 1.05. The van der Waals surface area contributed by atoms with E-state index >= 15 is 0 Å². The Hall–Kier alpha value is -7.56. The Morgan fingerprint density at radius 3 is 1.36 bits per heavy atom. The highest BCUT2D eigenvalue weighted by molar-refractivity contribution is 6.13. The fourth-order valence-corrected chi connectivity index (χ4v) is 8.04. The van der Waals surface area contributed by atoms with E-state index in [4.69, 9.17) is 18.8 Å². The molecule has 8 aromatic carbocycles. The first-order valence-corrected chi connectivity index (χ1v) is 18.8. The van der Waals surface area contributed by atoms with Gasteiger partial charge in [-0.15, -0.1) is 0 Å². The second-order valence-electron chi connectivity index (χ2n) is 14.1. The molecule has 0 N–H and O–H groups in total. The van der Waals surface area contributed by atoms with Crippen molar-refractivity contribution in [2.75, 3.05) is 0 Å². The zero-order chi connectivity index (χ0) is 37.0. The van der Waals surface area contributed by atoms with Crippen LogP contribution in [0.2, 0.25) is 0 Å². The van der Waals surface area contributed by atoms with Crippen LogP contribution in [0.25, 0.3) is 111 Å². The lowest BCUT2D eigenvalue weighted by molar-refractivity contribution is 0.668. The molecule has 0 unspecified atom stereocenters. The fraction of sp³-hybridized carbons (Fsp3) is 0. The maximum absolute atomic E-state index is 6.25. The van der Waals surface area contributed by atoms with E-state index in [1.165, 1.54) is 0 Å². The summed E-state index contributed by atoms with van der Waals surface area (Å²) in [6.45, 7) is 0. The van der Waals surface area contributed by atoms with Gasteiger partial charge in [-0.1, -0.05) is 152 Å². The van der Waals surface area contributed by atoms with E-state index in [1.807, 2.05) is 42.5 Å². The summed E-state index contributed by atoms with van der Waals surface area (Å²) in [5.74, 6) is 0.662. The Morgan fingerprint density at radius 1 is 0.286 bits per heavy atom. The van der Waals surface area contributed by atoms with Gasteiger partial charge < -0.3 is 8.83 Å². The van der Waals surface area contributed by atoms with Crippen LogP contribution in [-0.2, 0) is 0 Å². The summed E-state index contributed by atoms with van der Waals surface area (Å²) in [5, 5.41) is 4.45. The molecule has 0 aliphatic carbocycles. The van der Waals surface area contributed by atoms with E-state index in [-0.39, 0.29) is 0 Å². The lowest BCUT2D eigenvalue weighted by Gasteiger charge is -2.12. The Labute approximate surface area is 323 Å². The molecule has 4 heteroatoms. The summed E-state index contributed by atoms with van der Waals surface area (Å²) >= 11 is 0. The lowest BCUT2D eigenvalue weighted by atomic mass is 9.96. The van der Waals surface area contributed by atoms with Gasteiger partial charge in [-0.3, -0.25) is 0 Å². The number of aromatic nitrogens is 2. The van der Waals surface area contributed by atoms with Crippen LogP contribution in [0.15, 0.2) is 203 Å². The molecule has 3 aromatic heterocycles. The van der Waals surface area contributed by atoms with Gasteiger partial charge in [0, 0.05) is 38.2 Å². The van der Waals surface area contributed by atoms with Gasteiger partial charge in [0.1, 0.15) is 22.3 Å². The molecule has 0 saturated heterocycles. The predicted octanol–water partition coefficient (Wildman–Crippen LogP) is 14.3. The molecule has 0 radical (unpaired) electrons. The number of benzene rings is 8. The summed E-state index contributed by atoms with van der Waals surface area (Å²) in [6, 6.07) is 67.3. The summed E-state index contributed by atoms with van der Waals surface area (Å²) < 4.78 is 12.4. The molecule has 0 atom stereocenters. The van der Waals surface area contributed by atoms with Gasteiger partial charge in [-0.25, -0.2) is 9.97 Å². The van der Waals surface area contributed by atoms with Gasteiger partial charge in [-0.05, 0) is 75.8 Å². The van der Waals surface area contributed by atoms with Crippen molar-refractivity contribution in [2.24, 2.45) is 0 Å². The smallest absolute Gasteiger partial charge is 0.160 e. The second kappa shape index (κ2) is 13.1. The molecule has 0 saturated carbocycles. The SMILES string of the molecule is c1ccc(-c2cccc(-c3cc(-c4cccc(-c5cccc6oc7ccccc7c56)c4)nc(-c4ccc(-c5cccc6oc7ccccc7c56)cc4)n3)c2)cc1. The van der Waals surface area contributed by atoms with E-state index < -0.39 is 0 Å². The average Bonchev–Trinajstić information content (AvgIpc) is 3.86. The Bertz CT molecular complexity index is 3250. The standard InChI is InChI=1S/C52H32N2O2/c1-2-12-33(13-3-1)36-14-8-16-38(30-36)44-32-45(39-17-9-15-37(31-39)41-21-11-25-49-51(41)43-19-5-7-23-47(43)56-49)54-52(53-44)35-28-26-34(27-29-35)40-20-10-24-48-50(40)42-18-4-6-22-46(42)55-48/h1-32H. The fourth-order valence-electron chi connectivity index (χ4n) is 8.04. The molecule has 0 fully saturated rings. The number of furan rings is 2. The summed E-state index contributed by atoms with van der Waals surface area (Å²) in [7, 11) is 0. The first-order chi connectivity index (χ1) is 27.7. The zero-order valence-electron chi connectivity index (χ0n) is 30.2. The van der Waals surface area contributed by atoms with Crippen molar-refractivity contribution in [3.63, 3.8) is 0 Å². The van der Waals surface area contributed by atoms with E-state index in [0.717, 1.165) is 105 Å². The minimum absolute atomic E-state index is 0.662. The molecule has 56 heavy (non-hydrogen) atoms. The van der Waals surface area contributed by atoms with Crippen LogP contribution in [0.1, 0.15) is 0 Å². The molecule has 0 bridgehead atoms. The molecular weight excluding hydrogens is 685 g/mol. The van der Waals surface area contributed by atoms with Crippen molar-refractivity contribution in [3.05, 3.63) is 194 Å². The number of hydrogen-bond acceptors (Lipinski definition) is 4. The van der Waals surface area contributed by atoms with Gasteiger partial charge in [0.15, 0.2) is 5.82 Å². The van der Waals surface area contributed by atoms with Crippen molar-refractivity contribution in [1.29, 1.82) is 0 Å². The maximum atomic E-state index is 6.25. The van der Waals surface area contributed by atoms with Crippen molar-refractivity contribution in [3.8, 4) is 67.3 Å². The Kier molecular flexibility index (Phi) is 7.46. The number of fused-ring (bicyclic) bond motifs is 6. The monoisotopic (exact) mass is 716 g/mol. The highest BCUT2D eigenvalue weighted by Crippen LogP contribution is 2.40. The molecule has 262 valence electrons. The number of hydrogen-bond donors (Lipinski definition) is 0. The van der Waals surface area contributed by atoms with Gasteiger partial charge >= 0.3 is 0 Å². The van der Waals surface area contributed by atoms with Crippen molar-refractivity contribution < 1.29 is 8.83 Å². The highest BCUT2D eigenvalue weighted by atomic mass is 16.3. The van der Waals surface area contributed by atoms with Gasteiger partial charge in [0.2, 0.25) is 0 Å². The first kappa shape index (κ1) is 31.9. The molecule has 3 heterocycles. The zero-order valence-corrected chi connectivity index (χ0v) is 30.2. The van der Waals surface area contributed by atoms with Crippen molar-refractivity contribution in [2.45, 2.75) is 0 Å². The minimum atomic E-state index is 0.662. The summed E-state index contributed by atoms with van der Waals surface area (Å²) in [5.41, 5.74) is 14.9. The Morgan fingerprint density at radius 2 is 0.732 bits per heavy atom. The van der Waals surface area contributed by atoms with Gasteiger partial charge in [-0.2, -0.15) is 0 Å².